The fraction of sp³-hybridized carbons (Fsp3) is 0.412. The van der Waals surface area contributed by atoms with Crippen LogP contribution in [0.2, 0.25) is 0 Å². The number of hydrogen-bond donors (Lipinski definition) is 0. The fourth-order valence-corrected chi connectivity index (χ4v) is 3.71. The Bertz CT molecular complexity index is 602. The van der Waals surface area contributed by atoms with Gasteiger partial charge >= 0.3 is 0 Å². The Balaban J connectivity index is 1.94. The van der Waals surface area contributed by atoms with Gasteiger partial charge in [-0.1, -0.05) is 37.5 Å². The van der Waals surface area contributed by atoms with Crippen LogP contribution in [-0.2, 0) is 4.79 Å². The van der Waals surface area contributed by atoms with Crippen molar-refractivity contribution in [2.45, 2.75) is 39.0 Å². The first-order valence-corrected chi connectivity index (χ1v) is 8.45. The van der Waals surface area contributed by atoms with E-state index in [0.717, 1.165) is 42.2 Å². The van der Waals surface area contributed by atoms with Gasteiger partial charge in [-0.3, -0.25) is 9.69 Å². The first kappa shape index (κ1) is 14.3. The molecule has 1 aromatic heterocycles. The second-order valence-corrected chi connectivity index (χ2v) is 6.45. The second-order valence-electron chi connectivity index (χ2n) is 5.62. The highest BCUT2D eigenvalue weighted by Gasteiger charge is 2.29. The number of hydrogen-bond acceptors (Lipinski definition) is 3. The molecule has 1 amide bonds. The van der Waals surface area contributed by atoms with E-state index in [1.54, 1.807) is 0 Å². The van der Waals surface area contributed by atoms with Gasteiger partial charge in [0.2, 0.25) is 5.91 Å². The minimum absolute atomic E-state index is 0.142. The molecule has 110 valence electrons. The Labute approximate surface area is 129 Å². The molecule has 1 saturated carbocycles. The Morgan fingerprint density at radius 3 is 2.52 bits per heavy atom. The van der Waals surface area contributed by atoms with E-state index < -0.39 is 0 Å². The van der Waals surface area contributed by atoms with Crippen LogP contribution in [-0.4, -0.2) is 10.9 Å². The van der Waals surface area contributed by atoms with Crippen LogP contribution >= 0.6 is 11.3 Å². The van der Waals surface area contributed by atoms with Crippen molar-refractivity contribution in [1.29, 1.82) is 0 Å². The molecule has 0 saturated heterocycles. The Morgan fingerprint density at radius 2 is 1.90 bits per heavy atom. The average molecular weight is 300 g/mol. The van der Waals surface area contributed by atoms with Crippen molar-refractivity contribution in [3.8, 4) is 0 Å². The predicted octanol–water partition coefficient (Wildman–Crippen LogP) is 4.70. The molecule has 0 unspecified atom stereocenters. The lowest BCUT2D eigenvalue weighted by atomic mass is 9.88. The third-order valence-corrected chi connectivity index (χ3v) is 4.93. The van der Waals surface area contributed by atoms with Crippen LogP contribution in [0, 0.1) is 12.8 Å². The summed E-state index contributed by atoms with van der Waals surface area (Å²) in [5.41, 5.74) is 1.88. The highest BCUT2D eigenvalue weighted by molar-refractivity contribution is 7.14. The molecule has 1 aliphatic rings. The molecule has 0 N–H and O–H groups in total. The van der Waals surface area contributed by atoms with Gasteiger partial charge in [0.05, 0.1) is 11.4 Å². The zero-order valence-corrected chi connectivity index (χ0v) is 13.1. The summed E-state index contributed by atoms with van der Waals surface area (Å²) in [5, 5.41) is 2.79. The van der Waals surface area contributed by atoms with Gasteiger partial charge in [-0.05, 0) is 31.9 Å². The zero-order chi connectivity index (χ0) is 14.7. The topological polar surface area (TPSA) is 33.2 Å². The molecule has 3 nitrogen and oxygen atoms in total. The van der Waals surface area contributed by atoms with Gasteiger partial charge in [0, 0.05) is 11.3 Å². The lowest BCUT2D eigenvalue weighted by Crippen LogP contribution is -2.33. The number of aromatic nitrogens is 1. The smallest absolute Gasteiger partial charge is 0.236 e. The molecule has 3 rings (SSSR count). The van der Waals surface area contributed by atoms with E-state index in [1.807, 2.05) is 47.5 Å². The minimum atomic E-state index is 0.142. The van der Waals surface area contributed by atoms with Crippen molar-refractivity contribution >= 4 is 28.1 Å². The van der Waals surface area contributed by atoms with Crippen LogP contribution in [0.4, 0.5) is 10.8 Å². The van der Waals surface area contributed by atoms with Crippen LogP contribution in [0.3, 0.4) is 0 Å². The van der Waals surface area contributed by atoms with Crippen molar-refractivity contribution in [1.82, 2.24) is 4.98 Å². The number of thiazole rings is 1. The summed E-state index contributed by atoms with van der Waals surface area (Å²) in [6, 6.07) is 9.88. The number of rotatable bonds is 3. The number of anilines is 2. The lowest BCUT2D eigenvalue weighted by Gasteiger charge is -2.27. The van der Waals surface area contributed by atoms with Crippen molar-refractivity contribution in [3.05, 3.63) is 41.4 Å². The number of nitrogens with zero attached hydrogens (tertiary/aromatic N) is 2. The van der Waals surface area contributed by atoms with Crippen molar-refractivity contribution < 1.29 is 4.79 Å². The normalized spacial score (nSPS) is 15.9. The SMILES string of the molecule is Cc1csc(N(C(=O)C2CCCCC2)c2ccccc2)n1. The first-order valence-electron chi connectivity index (χ1n) is 7.57. The third-order valence-electron chi connectivity index (χ3n) is 3.99. The molecular formula is C17H20N2OS. The van der Waals surface area contributed by atoms with Gasteiger partial charge in [-0.15, -0.1) is 11.3 Å². The average Bonchev–Trinajstić information content (AvgIpc) is 2.95. The van der Waals surface area contributed by atoms with Crippen LogP contribution in [0.5, 0.6) is 0 Å². The van der Waals surface area contributed by atoms with E-state index in [9.17, 15) is 4.79 Å². The molecule has 4 heteroatoms. The second kappa shape index (κ2) is 6.39. The molecule has 2 aromatic rings. The van der Waals surface area contributed by atoms with Gasteiger partial charge < -0.3 is 0 Å². The fourth-order valence-electron chi connectivity index (χ4n) is 2.89. The Hall–Kier alpha value is -1.68. The number of carbonyl (C=O) groups is 1. The maximum atomic E-state index is 13.0. The van der Waals surface area contributed by atoms with Gasteiger partial charge in [0.1, 0.15) is 0 Å². The van der Waals surface area contributed by atoms with E-state index in [0.29, 0.717) is 0 Å². The summed E-state index contributed by atoms with van der Waals surface area (Å²) in [6.07, 6.45) is 5.59. The Morgan fingerprint density at radius 1 is 1.19 bits per heavy atom. The summed E-state index contributed by atoms with van der Waals surface area (Å²) < 4.78 is 0. The third kappa shape index (κ3) is 3.16. The van der Waals surface area contributed by atoms with Crippen LogP contribution in [0.25, 0.3) is 0 Å². The summed E-state index contributed by atoms with van der Waals surface area (Å²) in [4.78, 5) is 19.3. The first-order chi connectivity index (χ1) is 10.3. The quantitative estimate of drug-likeness (QED) is 0.823. The van der Waals surface area contributed by atoms with Crippen molar-refractivity contribution in [2.75, 3.05) is 4.90 Å². The lowest BCUT2D eigenvalue weighted by molar-refractivity contribution is -0.122. The van der Waals surface area contributed by atoms with Gasteiger partial charge in [-0.25, -0.2) is 4.98 Å². The standard InChI is InChI=1S/C17H20N2OS/c1-13-12-21-17(18-13)19(15-10-6-3-7-11-15)16(20)14-8-4-2-5-9-14/h3,6-7,10-12,14H,2,4-5,8-9H2,1H3. The molecule has 0 spiro atoms. The maximum absolute atomic E-state index is 13.0. The summed E-state index contributed by atoms with van der Waals surface area (Å²) in [5.74, 6) is 0.346. The highest BCUT2D eigenvalue weighted by Crippen LogP contribution is 2.33. The Kier molecular flexibility index (Phi) is 4.34. The highest BCUT2D eigenvalue weighted by atomic mass is 32.1. The molecule has 1 heterocycles. The summed E-state index contributed by atoms with van der Waals surface area (Å²) in [7, 11) is 0. The van der Waals surface area contributed by atoms with E-state index in [4.69, 9.17) is 0 Å². The molecule has 0 atom stereocenters. The molecule has 0 radical (unpaired) electrons. The largest absolute Gasteiger partial charge is 0.274 e. The number of carbonyl (C=O) groups excluding carboxylic acids is 1. The molecule has 1 aliphatic carbocycles. The van der Waals surface area contributed by atoms with Crippen LogP contribution in [0.15, 0.2) is 35.7 Å². The number of para-hydroxylation sites is 1. The molecule has 0 bridgehead atoms. The van der Waals surface area contributed by atoms with Crippen molar-refractivity contribution in [2.24, 2.45) is 5.92 Å². The van der Waals surface area contributed by atoms with E-state index in [-0.39, 0.29) is 11.8 Å². The summed E-state index contributed by atoms with van der Waals surface area (Å²) >= 11 is 1.54. The van der Waals surface area contributed by atoms with Gasteiger partial charge in [0.25, 0.3) is 0 Å². The molecule has 21 heavy (non-hydrogen) atoms. The van der Waals surface area contributed by atoms with Crippen molar-refractivity contribution in [3.63, 3.8) is 0 Å². The zero-order valence-electron chi connectivity index (χ0n) is 12.3. The molecule has 0 aliphatic heterocycles. The van der Waals surface area contributed by atoms with Gasteiger partial charge in [-0.2, -0.15) is 0 Å². The number of aryl methyl sites for hydroxylation is 1. The molecule has 1 fully saturated rings. The maximum Gasteiger partial charge on any atom is 0.236 e. The van der Waals surface area contributed by atoms with E-state index in [1.165, 1.54) is 17.8 Å². The monoisotopic (exact) mass is 300 g/mol. The van der Waals surface area contributed by atoms with Gasteiger partial charge in [0.15, 0.2) is 5.13 Å². The van der Waals surface area contributed by atoms with E-state index >= 15 is 0 Å². The van der Waals surface area contributed by atoms with E-state index in [2.05, 4.69) is 4.98 Å². The molecular weight excluding hydrogens is 280 g/mol. The predicted molar refractivity (Wildman–Crippen MR) is 87.0 cm³/mol. The number of amides is 1. The summed E-state index contributed by atoms with van der Waals surface area (Å²) in [6.45, 7) is 1.97. The van der Waals surface area contributed by atoms with Crippen LogP contribution in [0.1, 0.15) is 37.8 Å². The minimum Gasteiger partial charge on any atom is -0.274 e. The molecule has 1 aromatic carbocycles. The van der Waals surface area contributed by atoms with Crippen LogP contribution < -0.4 is 4.90 Å². The number of benzene rings is 1.